The van der Waals surface area contributed by atoms with Crippen molar-refractivity contribution < 1.29 is 0 Å². The fourth-order valence-corrected chi connectivity index (χ4v) is 2.49. The van der Waals surface area contributed by atoms with Gasteiger partial charge in [-0.05, 0) is 24.4 Å². The first-order valence-corrected chi connectivity index (χ1v) is 6.30. The molecule has 0 bridgehead atoms. The Kier molecular flexibility index (Phi) is 3.73. The van der Waals surface area contributed by atoms with Crippen molar-refractivity contribution in [3.05, 3.63) is 46.4 Å². The molecule has 1 atom stereocenters. The molecule has 2 heterocycles. The molecule has 4 heteroatoms. The Balaban J connectivity index is 2.03. The van der Waals surface area contributed by atoms with E-state index in [2.05, 4.69) is 40.8 Å². The maximum absolute atomic E-state index is 8.97. The summed E-state index contributed by atoms with van der Waals surface area (Å²) >= 11 is 1.75. The van der Waals surface area contributed by atoms with E-state index in [0.29, 0.717) is 5.56 Å². The van der Waals surface area contributed by atoms with Crippen molar-refractivity contribution in [3.63, 3.8) is 0 Å². The zero-order valence-electron chi connectivity index (χ0n) is 9.55. The molecule has 2 aromatic heterocycles. The lowest BCUT2D eigenvalue weighted by atomic mass is 10.1. The lowest BCUT2D eigenvalue weighted by Gasteiger charge is -2.14. The predicted molar refractivity (Wildman–Crippen MR) is 70.1 cm³/mol. The van der Waals surface area contributed by atoms with Gasteiger partial charge >= 0.3 is 0 Å². The fraction of sp³-hybridized carbons (Fsp3) is 0.231. The van der Waals surface area contributed by atoms with Crippen LogP contribution in [0.15, 0.2) is 36.0 Å². The summed E-state index contributed by atoms with van der Waals surface area (Å²) < 4.78 is 0. The first kappa shape index (κ1) is 11.6. The van der Waals surface area contributed by atoms with Gasteiger partial charge in [0, 0.05) is 23.5 Å². The van der Waals surface area contributed by atoms with Gasteiger partial charge in [0.2, 0.25) is 0 Å². The van der Waals surface area contributed by atoms with Crippen molar-refractivity contribution in [1.82, 2.24) is 4.98 Å². The average molecular weight is 243 g/mol. The van der Waals surface area contributed by atoms with Gasteiger partial charge in [0.25, 0.3) is 0 Å². The standard InChI is InChI=1S/C13H13N3S/c1-10(7-12-3-2-6-17-12)16-13-9-15-5-4-11(13)8-14/h2-6,9-10,16H,7H2,1H3. The molecule has 0 spiro atoms. The van der Waals surface area contributed by atoms with Crippen LogP contribution in [0.25, 0.3) is 0 Å². The first-order chi connectivity index (χ1) is 8.29. The topological polar surface area (TPSA) is 48.7 Å². The van der Waals surface area contributed by atoms with Gasteiger partial charge in [-0.3, -0.25) is 4.98 Å². The maximum Gasteiger partial charge on any atom is 0.101 e. The third-order valence-electron chi connectivity index (χ3n) is 2.43. The molecule has 2 rings (SSSR count). The largest absolute Gasteiger partial charge is 0.380 e. The number of nitrogens with one attached hydrogen (secondary N) is 1. The second kappa shape index (κ2) is 5.46. The highest BCUT2D eigenvalue weighted by atomic mass is 32.1. The van der Waals surface area contributed by atoms with E-state index in [4.69, 9.17) is 5.26 Å². The third-order valence-corrected chi connectivity index (χ3v) is 3.33. The van der Waals surface area contributed by atoms with Crippen LogP contribution in [0.5, 0.6) is 0 Å². The molecule has 0 radical (unpaired) electrons. The molecular formula is C13H13N3S. The van der Waals surface area contributed by atoms with Crippen LogP contribution in [0.3, 0.4) is 0 Å². The van der Waals surface area contributed by atoms with E-state index in [-0.39, 0.29) is 6.04 Å². The zero-order valence-corrected chi connectivity index (χ0v) is 10.4. The molecule has 0 saturated carbocycles. The van der Waals surface area contributed by atoms with Crippen LogP contribution < -0.4 is 5.32 Å². The number of nitriles is 1. The molecule has 3 nitrogen and oxygen atoms in total. The van der Waals surface area contributed by atoms with Gasteiger partial charge in [0.15, 0.2) is 0 Å². The Bertz CT molecular complexity index is 514. The average Bonchev–Trinajstić information content (AvgIpc) is 2.82. The van der Waals surface area contributed by atoms with Gasteiger partial charge in [-0.25, -0.2) is 0 Å². The van der Waals surface area contributed by atoms with Crippen LogP contribution in [-0.2, 0) is 6.42 Å². The lowest BCUT2D eigenvalue weighted by molar-refractivity contribution is 0.799. The molecular weight excluding hydrogens is 230 g/mol. The molecule has 17 heavy (non-hydrogen) atoms. The summed E-state index contributed by atoms with van der Waals surface area (Å²) in [6, 6.07) is 8.34. The maximum atomic E-state index is 8.97. The molecule has 1 unspecified atom stereocenters. The number of pyridine rings is 1. The van der Waals surface area contributed by atoms with Crippen LogP contribution in [0.2, 0.25) is 0 Å². The van der Waals surface area contributed by atoms with Gasteiger partial charge in [-0.1, -0.05) is 6.07 Å². The van der Waals surface area contributed by atoms with E-state index < -0.39 is 0 Å². The SMILES string of the molecule is CC(Cc1cccs1)Nc1cnccc1C#N. The van der Waals surface area contributed by atoms with Crippen LogP contribution >= 0.6 is 11.3 Å². The van der Waals surface area contributed by atoms with Gasteiger partial charge in [0.05, 0.1) is 17.4 Å². The summed E-state index contributed by atoms with van der Waals surface area (Å²) in [7, 11) is 0. The fourth-order valence-electron chi connectivity index (χ4n) is 1.65. The molecule has 0 aromatic carbocycles. The molecule has 2 aromatic rings. The quantitative estimate of drug-likeness (QED) is 0.897. The monoisotopic (exact) mass is 243 g/mol. The second-order valence-electron chi connectivity index (χ2n) is 3.86. The number of anilines is 1. The van der Waals surface area contributed by atoms with E-state index in [1.54, 1.807) is 29.8 Å². The minimum absolute atomic E-state index is 0.282. The van der Waals surface area contributed by atoms with Crippen LogP contribution in [-0.4, -0.2) is 11.0 Å². The summed E-state index contributed by atoms with van der Waals surface area (Å²) in [5, 5.41) is 14.4. The predicted octanol–water partition coefficient (Wildman–Crippen LogP) is 3.06. The number of nitrogens with zero attached hydrogens (tertiary/aromatic N) is 2. The summed E-state index contributed by atoms with van der Waals surface area (Å²) in [5.74, 6) is 0. The second-order valence-corrected chi connectivity index (χ2v) is 4.89. The summed E-state index contributed by atoms with van der Waals surface area (Å²) in [6.07, 6.45) is 4.29. The van der Waals surface area contributed by atoms with Crippen molar-refractivity contribution in [3.8, 4) is 6.07 Å². The Morgan fingerprint density at radius 1 is 1.53 bits per heavy atom. The lowest BCUT2D eigenvalue weighted by Crippen LogP contribution is -2.18. The highest BCUT2D eigenvalue weighted by molar-refractivity contribution is 7.09. The number of rotatable bonds is 4. The molecule has 0 saturated heterocycles. The molecule has 0 amide bonds. The Labute approximate surface area is 105 Å². The minimum Gasteiger partial charge on any atom is -0.380 e. The molecule has 0 fully saturated rings. The molecule has 0 aliphatic heterocycles. The van der Waals surface area contributed by atoms with Crippen LogP contribution in [0.1, 0.15) is 17.4 Å². The van der Waals surface area contributed by atoms with Crippen molar-refractivity contribution in [2.24, 2.45) is 0 Å². The van der Waals surface area contributed by atoms with E-state index in [1.165, 1.54) is 4.88 Å². The first-order valence-electron chi connectivity index (χ1n) is 5.42. The third kappa shape index (κ3) is 3.05. The normalized spacial score (nSPS) is 11.8. The zero-order chi connectivity index (χ0) is 12.1. The van der Waals surface area contributed by atoms with E-state index in [1.807, 2.05) is 0 Å². The smallest absolute Gasteiger partial charge is 0.101 e. The van der Waals surface area contributed by atoms with Gasteiger partial charge in [-0.15, -0.1) is 11.3 Å². The summed E-state index contributed by atoms with van der Waals surface area (Å²) in [6.45, 7) is 2.11. The molecule has 86 valence electrons. The van der Waals surface area contributed by atoms with E-state index in [0.717, 1.165) is 12.1 Å². The Morgan fingerprint density at radius 3 is 3.12 bits per heavy atom. The number of thiophene rings is 1. The van der Waals surface area contributed by atoms with Crippen molar-refractivity contribution in [2.75, 3.05) is 5.32 Å². The molecule has 0 aliphatic rings. The van der Waals surface area contributed by atoms with Crippen LogP contribution in [0, 0.1) is 11.3 Å². The van der Waals surface area contributed by atoms with Crippen molar-refractivity contribution in [1.29, 1.82) is 5.26 Å². The van der Waals surface area contributed by atoms with Gasteiger partial charge in [-0.2, -0.15) is 5.26 Å². The number of hydrogen-bond donors (Lipinski definition) is 1. The highest BCUT2D eigenvalue weighted by Gasteiger charge is 2.07. The summed E-state index contributed by atoms with van der Waals surface area (Å²) in [5.41, 5.74) is 1.44. The van der Waals surface area contributed by atoms with Crippen LogP contribution in [0.4, 0.5) is 5.69 Å². The summed E-state index contributed by atoms with van der Waals surface area (Å²) in [4.78, 5) is 5.37. The van der Waals surface area contributed by atoms with Crippen molar-refractivity contribution in [2.45, 2.75) is 19.4 Å². The molecule has 1 N–H and O–H groups in total. The Morgan fingerprint density at radius 2 is 2.41 bits per heavy atom. The van der Waals surface area contributed by atoms with Crippen molar-refractivity contribution >= 4 is 17.0 Å². The molecule has 0 aliphatic carbocycles. The van der Waals surface area contributed by atoms with Gasteiger partial charge < -0.3 is 5.32 Å². The highest BCUT2D eigenvalue weighted by Crippen LogP contribution is 2.16. The Hall–Kier alpha value is -1.86. The number of aromatic nitrogens is 1. The van der Waals surface area contributed by atoms with E-state index >= 15 is 0 Å². The number of hydrogen-bond acceptors (Lipinski definition) is 4. The minimum atomic E-state index is 0.282. The van der Waals surface area contributed by atoms with E-state index in [9.17, 15) is 0 Å². The van der Waals surface area contributed by atoms with Gasteiger partial charge in [0.1, 0.15) is 6.07 Å².